The molecular weight excluding hydrogens is 100 g/mol. The van der Waals surface area contributed by atoms with Gasteiger partial charge in [0.05, 0.1) is 12.5 Å². The lowest BCUT2D eigenvalue weighted by molar-refractivity contribution is 0.501. The summed E-state index contributed by atoms with van der Waals surface area (Å²) in [6.45, 7) is 4.03. The molecule has 0 unspecified atom stereocenters. The molecule has 0 aromatic carbocycles. The Bertz CT molecular complexity index is 91.2. The zero-order valence-corrected chi connectivity index (χ0v) is 5.39. The quantitative estimate of drug-likeness (QED) is 0.576. The zero-order valence-electron chi connectivity index (χ0n) is 5.39. The molecule has 8 heavy (non-hydrogen) atoms. The van der Waals surface area contributed by atoms with Crippen molar-refractivity contribution >= 4 is 0 Å². The maximum absolute atomic E-state index is 8.16. The highest BCUT2D eigenvalue weighted by molar-refractivity contribution is 4.79. The van der Waals surface area contributed by atoms with Crippen molar-refractivity contribution in [2.45, 2.75) is 26.3 Å². The van der Waals surface area contributed by atoms with Crippen LogP contribution < -0.4 is 5.73 Å². The van der Waals surface area contributed by atoms with Crippen LogP contribution in [0.15, 0.2) is 0 Å². The molecule has 0 aromatic heterocycles. The Balaban J connectivity index is 3.35. The van der Waals surface area contributed by atoms with Gasteiger partial charge < -0.3 is 5.73 Å². The van der Waals surface area contributed by atoms with E-state index in [-0.39, 0.29) is 6.04 Å². The third-order valence-electron chi connectivity index (χ3n) is 1.18. The third kappa shape index (κ3) is 2.59. The summed E-state index contributed by atoms with van der Waals surface area (Å²) in [4.78, 5) is 0. The van der Waals surface area contributed by atoms with Gasteiger partial charge in [-0.1, -0.05) is 13.8 Å². The largest absolute Gasteiger partial charge is 0.327 e. The first kappa shape index (κ1) is 7.45. The molecule has 0 bridgehead atoms. The fraction of sp³-hybridized carbons (Fsp3) is 0.833. The second-order valence-electron chi connectivity index (χ2n) is 2.27. The lowest BCUT2D eigenvalue weighted by atomic mass is 10.0. The highest BCUT2D eigenvalue weighted by Gasteiger charge is 2.04. The monoisotopic (exact) mass is 112 g/mol. The van der Waals surface area contributed by atoms with Crippen LogP contribution in [-0.2, 0) is 0 Å². The van der Waals surface area contributed by atoms with Crippen molar-refractivity contribution in [3.63, 3.8) is 0 Å². The van der Waals surface area contributed by atoms with Crippen LogP contribution >= 0.6 is 0 Å². The number of hydrogen-bond donors (Lipinski definition) is 1. The standard InChI is InChI=1S/C6H12N2/c1-5(2)6(8)3-4-7/h5-6H,3,8H2,1-2H3/t6-/m0/s1. The van der Waals surface area contributed by atoms with Gasteiger partial charge in [0.1, 0.15) is 0 Å². The Hall–Kier alpha value is -0.550. The lowest BCUT2D eigenvalue weighted by Gasteiger charge is -2.09. The highest BCUT2D eigenvalue weighted by Crippen LogP contribution is 2.00. The highest BCUT2D eigenvalue weighted by atomic mass is 14.6. The SMILES string of the molecule is CC(C)[C@@H](N)CC#N. The maximum Gasteiger partial charge on any atom is 0.0638 e. The van der Waals surface area contributed by atoms with Gasteiger partial charge in [-0.15, -0.1) is 0 Å². The van der Waals surface area contributed by atoms with Crippen molar-refractivity contribution in [2.24, 2.45) is 11.7 Å². The van der Waals surface area contributed by atoms with Crippen LogP contribution in [0.2, 0.25) is 0 Å². The maximum atomic E-state index is 8.16. The summed E-state index contributed by atoms with van der Waals surface area (Å²) in [5, 5.41) is 8.16. The van der Waals surface area contributed by atoms with E-state index in [1.54, 1.807) is 0 Å². The van der Waals surface area contributed by atoms with Crippen LogP contribution in [0.1, 0.15) is 20.3 Å². The Kier molecular flexibility index (Phi) is 3.21. The van der Waals surface area contributed by atoms with Crippen molar-refractivity contribution in [3.05, 3.63) is 0 Å². The van der Waals surface area contributed by atoms with E-state index >= 15 is 0 Å². The van der Waals surface area contributed by atoms with Gasteiger partial charge in [0.2, 0.25) is 0 Å². The predicted molar refractivity (Wildman–Crippen MR) is 33.0 cm³/mol. The fourth-order valence-corrected chi connectivity index (χ4v) is 0.341. The minimum absolute atomic E-state index is 0.0556. The predicted octanol–water partition coefficient (Wildman–Crippen LogP) is 0.883. The number of nitriles is 1. The first-order valence-corrected chi connectivity index (χ1v) is 2.81. The van der Waals surface area contributed by atoms with Crippen LogP contribution in [0.5, 0.6) is 0 Å². The van der Waals surface area contributed by atoms with Crippen LogP contribution in [0.3, 0.4) is 0 Å². The van der Waals surface area contributed by atoms with Gasteiger partial charge in [0.15, 0.2) is 0 Å². The topological polar surface area (TPSA) is 49.8 Å². The van der Waals surface area contributed by atoms with Crippen molar-refractivity contribution in [2.75, 3.05) is 0 Å². The molecule has 0 spiro atoms. The second kappa shape index (κ2) is 3.45. The molecule has 0 radical (unpaired) electrons. The Labute approximate surface area is 50.3 Å². The normalized spacial score (nSPS) is 13.4. The Morgan fingerprint density at radius 1 is 1.62 bits per heavy atom. The van der Waals surface area contributed by atoms with Crippen molar-refractivity contribution in [3.8, 4) is 6.07 Å². The van der Waals surface area contributed by atoms with Crippen LogP contribution in [0.4, 0.5) is 0 Å². The number of hydrogen-bond acceptors (Lipinski definition) is 2. The Morgan fingerprint density at radius 3 is 2.25 bits per heavy atom. The van der Waals surface area contributed by atoms with Gasteiger partial charge >= 0.3 is 0 Å². The van der Waals surface area contributed by atoms with E-state index in [1.165, 1.54) is 0 Å². The molecule has 0 amide bonds. The van der Waals surface area contributed by atoms with Crippen LogP contribution in [0.25, 0.3) is 0 Å². The minimum Gasteiger partial charge on any atom is -0.327 e. The molecule has 0 saturated heterocycles. The van der Waals surface area contributed by atoms with E-state index < -0.39 is 0 Å². The van der Waals surface area contributed by atoms with E-state index in [2.05, 4.69) is 0 Å². The minimum atomic E-state index is 0.0556. The van der Waals surface area contributed by atoms with Crippen molar-refractivity contribution in [1.82, 2.24) is 0 Å². The fourth-order valence-electron chi connectivity index (χ4n) is 0.341. The summed E-state index contributed by atoms with van der Waals surface area (Å²) in [5.41, 5.74) is 5.50. The van der Waals surface area contributed by atoms with Crippen molar-refractivity contribution < 1.29 is 0 Å². The van der Waals surface area contributed by atoms with Gasteiger partial charge in [0.25, 0.3) is 0 Å². The Morgan fingerprint density at radius 2 is 2.12 bits per heavy atom. The summed E-state index contributed by atoms with van der Waals surface area (Å²) in [5.74, 6) is 0.426. The average molecular weight is 112 g/mol. The molecule has 46 valence electrons. The molecule has 0 saturated carbocycles. The van der Waals surface area contributed by atoms with Crippen LogP contribution in [-0.4, -0.2) is 6.04 Å². The van der Waals surface area contributed by atoms with E-state index in [0.29, 0.717) is 12.3 Å². The first-order chi connectivity index (χ1) is 3.68. The molecule has 2 N–H and O–H groups in total. The van der Waals surface area contributed by atoms with E-state index in [9.17, 15) is 0 Å². The van der Waals surface area contributed by atoms with E-state index in [4.69, 9.17) is 11.0 Å². The molecule has 0 fully saturated rings. The molecule has 2 heteroatoms. The summed E-state index contributed by atoms with van der Waals surface area (Å²) < 4.78 is 0. The summed E-state index contributed by atoms with van der Waals surface area (Å²) in [7, 11) is 0. The summed E-state index contributed by atoms with van der Waals surface area (Å²) in [6, 6.07) is 2.08. The number of nitrogens with two attached hydrogens (primary N) is 1. The number of rotatable bonds is 2. The molecule has 0 aliphatic rings. The molecule has 2 nitrogen and oxygen atoms in total. The molecule has 0 aliphatic carbocycles. The van der Waals surface area contributed by atoms with Crippen LogP contribution in [0, 0.1) is 17.2 Å². The van der Waals surface area contributed by atoms with E-state index in [0.717, 1.165) is 0 Å². The molecule has 1 atom stereocenters. The summed E-state index contributed by atoms with van der Waals surface area (Å²) >= 11 is 0. The third-order valence-corrected chi connectivity index (χ3v) is 1.18. The second-order valence-corrected chi connectivity index (χ2v) is 2.27. The molecule has 0 aliphatic heterocycles. The van der Waals surface area contributed by atoms with Gasteiger partial charge in [-0.3, -0.25) is 0 Å². The lowest BCUT2D eigenvalue weighted by Crippen LogP contribution is -2.25. The molecule has 0 heterocycles. The average Bonchev–Trinajstić information content (AvgIpc) is 1.67. The molecule has 0 rings (SSSR count). The van der Waals surface area contributed by atoms with Crippen molar-refractivity contribution in [1.29, 1.82) is 5.26 Å². The summed E-state index contributed by atoms with van der Waals surface area (Å²) in [6.07, 6.45) is 0.470. The van der Waals surface area contributed by atoms with Gasteiger partial charge in [-0.25, -0.2) is 0 Å². The first-order valence-electron chi connectivity index (χ1n) is 2.81. The number of nitrogens with zero attached hydrogens (tertiary/aromatic N) is 1. The molecular formula is C6H12N2. The van der Waals surface area contributed by atoms with Gasteiger partial charge in [-0.2, -0.15) is 5.26 Å². The smallest absolute Gasteiger partial charge is 0.0638 e. The van der Waals surface area contributed by atoms with E-state index in [1.807, 2.05) is 19.9 Å². The van der Waals surface area contributed by atoms with Gasteiger partial charge in [-0.05, 0) is 5.92 Å². The molecule has 0 aromatic rings. The zero-order chi connectivity index (χ0) is 6.57. The van der Waals surface area contributed by atoms with Gasteiger partial charge in [0, 0.05) is 6.04 Å².